The maximum atomic E-state index is 12.7. The Morgan fingerprint density at radius 3 is 2.64 bits per heavy atom. The molecule has 1 aliphatic carbocycles. The first-order chi connectivity index (χ1) is 12.0. The molecule has 6 nitrogen and oxygen atoms in total. The van der Waals surface area contributed by atoms with Gasteiger partial charge >= 0.3 is 5.97 Å². The third-order valence-electron chi connectivity index (χ3n) is 4.55. The number of rotatable bonds is 4. The summed E-state index contributed by atoms with van der Waals surface area (Å²) < 4.78 is 1.66. The van der Waals surface area contributed by atoms with Crippen molar-refractivity contribution in [1.82, 2.24) is 9.78 Å². The van der Waals surface area contributed by atoms with Gasteiger partial charge in [-0.3, -0.25) is 9.48 Å². The van der Waals surface area contributed by atoms with Gasteiger partial charge in [0, 0.05) is 24.8 Å². The quantitative estimate of drug-likeness (QED) is 0.859. The first-order valence-corrected chi connectivity index (χ1v) is 8.71. The molecule has 1 aromatic carbocycles. The molecule has 1 fully saturated rings. The van der Waals surface area contributed by atoms with Crippen LogP contribution >= 0.6 is 11.6 Å². The molecule has 1 amide bonds. The van der Waals surface area contributed by atoms with Crippen LogP contribution < -0.4 is 5.32 Å². The van der Waals surface area contributed by atoms with Gasteiger partial charge in [-0.15, -0.1) is 0 Å². The molecule has 0 unspecified atom stereocenters. The minimum absolute atomic E-state index is 0.0434. The molecule has 0 atom stereocenters. The van der Waals surface area contributed by atoms with Crippen molar-refractivity contribution >= 4 is 29.2 Å². The molecule has 2 aromatic rings. The fraction of sp³-hybridized carbons (Fsp3) is 0.389. The first kappa shape index (κ1) is 17.5. The second-order valence-corrected chi connectivity index (χ2v) is 6.80. The van der Waals surface area contributed by atoms with Crippen LogP contribution in [0.15, 0.2) is 24.4 Å². The van der Waals surface area contributed by atoms with Gasteiger partial charge in [0.2, 0.25) is 0 Å². The molecule has 132 valence electrons. The van der Waals surface area contributed by atoms with Crippen LogP contribution in [0.5, 0.6) is 0 Å². The predicted molar refractivity (Wildman–Crippen MR) is 95.4 cm³/mol. The monoisotopic (exact) mass is 361 g/mol. The van der Waals surface area contributed by atoms with E-state index in [2.05, 4.69) is 10.4 Å². The fourth-order valence-electron chi connectivity index (χ4n) is 3.32. The Balaban J connectivity index is 1.84. The van der Waals surface area contributed by atoms with Crippen LogP contribution in [0.25, 0.3) is 0 Å². The molecule has 1 saturated carbocycles. The van der Waals surface area contributed by atoms with E-state index in [0.29, 0.717) is 17.2 Å². The average molecular weight is 362 g/mol. The SMILES string of the molecule is Cn1cc(C(=O)Nc2ccc(Cl)c(C(=O)O)c2)c(C2CCCCC2)n1. The van der Waals surface area contributed by atoms with Gasteiger partial charge in [-0.2, -0.15) is 5.10 Å². The molecule has 0 radical (unpaired) electrons. The van der Waals surface area contributed by atoms with E-state index in [1.54, 1.807) is 24.0 Å². The molecule has 0 bridgehead atoms. The van der Waals surface area contributed by atoms with Crippen LogP contribution in [0.2, 0.25) is 5.02 Å². The largest absolute Gasteiger partial charge is 0.478 e. The van der Waals surface area contributed by atoms with E-state index in [-0.39, 0.29) is 16.5 Å². The molecule has 1 aliphatic rings. The van der Waals surface area contributed by atoms with Crippen molar-refractivity contribution in [2.75, 3.05) is 5.32 Å². The van der Waals surface area contributed by atoms with Crippen molar-refractivity contribution in [2.45, 2.75) is 38.0 Å². The van der Waals surface area contributed by atoms with Gasteiger partial charge in [0.1, 0.15) is 0 Å². The summed E-state index contributed by atoms with van der Waals surface area (Å²) in [5, 5.41) is 16.5. The van der Waals surface area contributed by atoms with Crippen LogP contribution in [0.3, 0.4) is 0 Å². The lowest BCUT2D eigenvalue weighted by atomic mass is 9.85. The van der Waals surface area contributed by atoms with Gasteiger partial charge in [0.05, 0.1) is 21.8 Å². The molecule has 1 heterocycles. The Labute approximate surface area is 150 Å². The Bertz CT molecular complexity index is 810. The van der Waals surface area contributed by atoms with Crippen molar-refractivity contribution in [3.63, 3.8) is 0 Å². The number of carbonyl (C=O) groups is 2. The number of hydrogen-bond donors (Lipinski definition) is 2. The van der Waals surface area contributed by atoms with Crippen molar-refractivity contribution in [3.05, 3.63) is 46.2 Å². The van der Waals surface area contributed by atoms with Gasteiger partial charge in [0.15, 0.2) is 0 Å². The molecule has 2 N–H and O–H groups in total. The summed E-state index contributed by atoms with van der Waals surface area (Å²) in [4.78, 5) is 23.9. The lowest BCUT2D eigenvalue weighted by molar-refractivity contribution is 0.0696. The summed E-state index contributed by atoms with van der Waals surface area (Å²) in [6, 6.07) is 4.41. The number of nitrogens with one attached hydrogen (secondary N) is 1. The zero-order valence-corrected chi connectivity index (χ0v) is 14.7. The van der Waals surface area contributed by atoms with Gasteiger partial charge < -0.3 is 10.4 Å². The van der Waals surface area contributed by atoms with Crippen molar-refractivity contribution < 1.29 is 14.7 Å². The van der Waals surface area contributed by atoms with Crippen LogP contribution in [0, 0.1) is 0 Å². The highest BCUT2D eigenvalue weighted by molar-refractivity contribution is 6.33. The molecule has 0 aliphatic heterocycles. The number of carboxylic acids is 1. The molecule has 3 rings (SSSR count). The Morgan fingerprint density at radius 1 is 1.24 bits per heavy atom. The maximum absolute atomic E-state index is 12.7. The van der Waals surface area contributed by atoms with E-state index in [1.807, 2.05) is 0 Å². The number of benzene rings is 1. The minimum atomic E-state index is -1.13. The molecule has 7 heteroatoms. The second-order valence-electron chi connectivity index (χ2n) is 6.39. The van der Waals surface area contributed by atoms with Crippen molar-refractivity contribution in [3.8, 4) is 0 Å². The van der Waals surface area contributed by atoms with E-state index in [0.717, 1.165) is 31.4 Å². The smallest absolute Gasteiger partial charge is 0.337 e. The maximum Gasteiger partial charge on any atom is 0.337 e. The van der Waals surface area contributed by atoms with Crippen LogP contribution in [-0.4, -0.2) is 26.8 Å². The highest BCUT2D eigenvalue weighted by Crippen LogP contribution is 2.33. The summed E-state index contributed by atoms with van der Waals surface area (Å²) in [5.41, 5.74) is 1.72. The van der Waals surface area contributed by atoms with E-state index in [1.165, 1.54) is 18.6 Å². The fourth-order valence-corrected chi connectivity index (χ4v) is 3.52. The molecular weight excluding hydrogens is 342 g/mol. The van der Waals surface area contributed by atoms with Crippen LogP contribution in [0.1, 0.15) is 64.4 Å². The number of carbonyl (C=O) groups excluding carboxylic acids is 1. The number of carboxylic acid groups (broad SMARTS) is 1. The van der Waals surface area contributed by atoms with Crippen LogP contribution in [-0.2, 0) is 7.05 Å². The number of halogens is 1. The number of aromatic carboxylic acids is 1. The predicted octanol–water partition coefficient (Wildman–Crippen LogP) is 4.07. The summed E-state index contributed by atoms with van der Waals surface area (Å²) in [5.74, 6) is -1.12. The van der Waals surface area contributed by atoms with Gasteiger partial charge in [-0.05, 0) is 31.0 Å². The third kappa shape index (κ3) is 3.85. The van der Waals surface area contributed by atoms with E-state index >= 15 is 0 Å². The Morgan fingerprint density at radius 2 is 1.96 bits per heavy atom. The minimum Gasteiger partial charge on any atom is -0.478 e. The lowest BCUT2D eigenvalue weighted by Crippen LogP contribution is -2.16. The summed E-state index contributed by atoms with van der Waals surface area (Å²) in [6.07, 6.45) is 7.34. The average Bonchev–Trinajstić information content (AvgIpc) is 2.99. The van der Waals surface area contributed by atoms with Gasteiger partial charge in [-0.1, -0.05) is 30.9 Å². The Hall–Kier alpha value is -2.34. The summed E-state index contributed by atoms with van der Waals surface area (Å²) in [6.45, 7) is 0. The topological polar surface area (TPSA) is 84.2 Å². The Kier molecular flexibility index (Phi) is 5.08. The third-order valence-corrected chi connectivity index (χ3v) is 4.88. The highest BCUT2D eigenvalue weighted by Gasteiger charge is 2.25. The molecule has 0 spiro atoms. The number of amides is 1. The van der Waals surface area contributed by atoms with Gasteiger partial charge in [-0.25, -0.2) is 4.79 Å². The van der Waals surface area contributed by atoms with E-state index < -0.39 is 5.97 Å². The number of aromatic nitrogens is 2. The number of hydrogen-bond acceptors (Lipinski definition) is 3. The normalized spacial score (nSPS) is 15.1. The molecule has 1 aromatic heterocycles. The van der Waals surface area contributed by atoms with E-state index in [4.69, 9.17) is 16.7 Å². The van der Waals surface area contributed by atoms with Gasteiger partial charge in [0.25, 0.3) is 5.91 Å². The van der Waals surface area contributed by atoms with Crippen molar-refractivity contribution in [2.24, 2.45) is 7.05 Å². The van der Waals surface area contributed by atoms with E-state index in [9.17, 15) is 9.59 Å². The molecule has 0 saturated heterocycles. The number of nitrogens with zero attached hydrogens (tertiary/aromatic N) is 2. The summed E-state index contributed by atoms with van der Waals surface area (Å²) in [7, 11) is 1.80. The first-order valence-electron chi connectivity index (χ1n) is 8.33. The number of aryl methyl sites for hydroxylation is 1. The van der Waals surface area contributed by atoms with Crippen molar-refractivity contribution in [1.29, 1.82) is 0 Å². The molecular formula is C18H20ClN3O3. The second kappa shape index (κ2) is 7.27. The molecule has 25 heavy (non-hydrogen) atoms. The zero-order chi connectivity index (χ0) is 18.0. The lowest BCUT2D eigenvalue weighted by Gasteiger charge is -2.20. The number of anilines is 1. The summed E-state index contributed by atoms with van der Waals surface area (Å²) >= 11 is 5.87. The standard InChI is InChI=1S/C18H20ClN3O3/c1-22-10-14(16(21-22)11-5-3-2-4-6-11)17(23)20-12-7-8-15(19)13(9-12)18(24)25/h7-11H,2-6H2,1H3,(H,20,23)(H,24,25). The highest BCUT2D eigenvalue weighted by atomic mass is 35.5. The zero-order valence-electron chi connectivity index (χ0n) is 14.0. The van der Waals surface area contributed by atoms with Crippen LogP contribution in [0.4, 0.5) is 5.69 Å².